The Labute approximate surface area is 105 Å². The van der Waals surface area contributed by atoms with Gasteiger partial charge in [0.2, 0.25) is 0 Å². The van der Waals surface area contributed by atoms with E-state index in [0.717, 1.165) is 17.4 Å². The number of carboxylic acid groups (broad SMARTS) is 1. The van der Waals surface area contributed by atoms with Gasteiger partial charge in [-0.1, -0.05) is 0 Å². The molecule has 0 aliphatic carbocycles. The molecule has 1 rings (SSSR count). The first-order valence-corrected chi connectivity index (χ1v) is 6.43. The molecule has 1 heterocycles. The van der Waals surface area contributed by atoms with E-state index in [9.17, 15) is 4.79 Å². The van der Waals surface area contributed by atoms with E-state index in [1.807, 2.05) is 19.5 Å². The topological polar surface area (TPSA) is 65.5 Å². The summed E-state index contributed by atoms with van der Waals surface area (Å²) in [7, 11) is 4.05. The van der Waals surface area contributed by atoms with E-state index in [4.69, 9.17) is 5.11 Å². The minimum Gasteiger partial charge on any atom is -0.481 e. The van der Waals surface area contributed by atoms with Crippen molar-refractivity contribution in [2.24, 2.45) is 0 Å². The number of thiazole rings is 1. The zero-order valence-corrected chi connectivity index (χ0v) is 11.3. The normalized spacial score (nSPS) is 12.7. The van der Waals surface area contributed by atoms with Crippen molar-refractivity contribution in [1.29, 1.82) is 0 Å². The molecule has 1 aromatic heterocycles. The van der Waals surface area contributed by atoms with Crippen LogP contribution < -0.4 is 5.32 Å². The molecule has 1 atom stereocenters. The fraction of sp³-hybridized carbons (Fsp3) is 0.636. The summed E-state index contributed by atoms with van der Waals surface area (Å²) in [6.45, 7) is 3.03. The van der Waals surface area contributed by atoms with Crippen LogP contribution in [0.3, 0.4) is 0 Å². The van der Waals surface area contributed by atoms with Crippen molar-refractivity contribution in [3.8, 4) is 0 Å². The number of rotatable bonds is 7. The van der Waals surface area contributed by atoms with Crippen molar-refractivity contribution in [1.82, 2.24) is 9.88 Å². The highest BCUT2D eigenvalue weighted by Crippen LogP contribution is 2.17. The third-order valence-corrected chi connectivity index (χ3v) is 2.98. The molecular formula is C11H19N3O2S. The lowest BCUT2D eigenvalue weighted by Gasteiger charge is -2.17. The number of hydrogen-bond acceptors (Lipinski definition) is 5. The number of likely N-dealkylation sites (N-methyl/N-ethyl adjacent to an activating group) is 1. The van der Waals surface area contributed by atoms with Crippen molar-refractivity contribution in [3.05, 3.63) is 11.1 Å². The Hall–Kier alpha value is -1.14. The van der Waals surface area contributed by atoms with Crippen LogP contribution in [0.25, 0.3) is 0 Å². The first-order valence-electron chi connectivity index (χ1n) is 5.55. The van der Waals surface area contributed by atoms with E-state index in [-0.39, 0.29) is 6.42 Å². The van der Waals surface area contributed by atoms with Gasteiger partial charge >= 0.3 is 5.97 Å². The van der Waals surface area contributed by atoms with Gasteiger partial charge in [0.05, 0.1) is 12.1 Å². The van der Waals surface area contributed by atoms with Crippen LogP contribution in [0.2, 0.25) is 0 Å². The maximum atomic E-state index is 10.4. The maximum absolute atomic E-state index is 10.4. The highest BCUT2D eigenvalue weighted by molar-refractivity contribution is 7.13. The van der Waals surface area contributed by atoms with E-state index in [0.29, 0.717) is 12.5 Å². The second kappa shape index (κ2) is 6.56. The molecule has 96 valence electrons. The highest BCUT2D eigenvalue weighted by Gasteiger charge is 2.08. The van der Waals surface area contributed by atoms with Gasteiger partial charge in [0.15, 0.2) is 5.13 Å². The molecule has 1 aromatic rings. The fourth-order valence-electron chi connectivity index (χ4n) is 1.53. The Morgan fingerprint density at radius 1 is 1.65 bits per heavy atom. The van der Waals surface area contributed by atoms with E-state index in [1.165, 1.54) is 11.3 Å². The molecule has 6 heteroatoms. The van der Waals surface area contributed by atoms with Gasteiger partial charge in [-0.05, 0) is 21.0 Å². The van der Waals surface area contributed by atoms with E-state index in [1.54, 1.807) is 0 Å². The summed E-state index contributed by atoms with van der Waals surface area (Å²) in [5.41, 5.74) is 0.844. The van der Waals surface area contributed by atoms with Crippen molar-refractivity contribution < 1.29 is 9.90 Å². The molecule has 0 bridgehead atoms. The molecule has 0 saturated heterocycles. The van der Waals surface area contributed by atoms with Crippen LogP contribution in [-0.4, -0.2) is 47.6 Å². The van der Waals surface area contributed by atoms with Crippen LogP contribution in [0, 0.1) is 0 Å². The van der Waals surface area contributed by atoms with Crippen LogP contribution in [0.15, 0.2) is 5.38 Å². The van der Waals surface area contributed by atoms with Crippen LogP contribution in [0.4, 0.5) is 5.13 Å². The summed E-state index contributed by atoms with van der Waals surface area (Å²) in [6, 6.07) is 0.323. The van der Waals surface area contributed by atoms with Gasteiger partial charge in [0, 0.05) is 24.4 Å². The van der Waals surface area contributed by atoms with Crippen LogP contribution in [0.5, 0.6) is 0 Å². The molecule has 17 heavy (non-hydrogen) atoms. The molecular weight excluding hydrogens is 238 g/mol. The number of nitrogens with one attached hydrogen (secondary N) is 1. The number of nitrogens with zero attached hydrogens (tertiary/aromatic N) is 2. The molecule has 0 aliphatic heterocycles. The first kappa shape index (κ1) is 13.9. The van der Waals surface area contributed by atoms with Crippen molar-refractivity contribution in [2.75, 3.05) is 26.0 Å². The second-order valence-corrected chi connectivity index (χ2v) is 5.20. The molecule has 0 fully saturated rings. The largest absolute Gasteiger partial charge is 0.481 e. The summed E-state index contributed by atoms with van der Waals surface area (Å²) in [6.07, 6.45) is 0.631. The van der Waals surface area contributed by atoms with Crippen molar-refractivity contribution >= 4 is 22.4 Å². The summed E-state index contributed by atoms with van der Waals surface area (Å²) in [5, 5.41) is 14.7. The van der Waals surface area contributed by atoms with Crippen molar-refractivity contribution in [2.45, 2.75) is 25.8 Å². The Balaban J connectivity index is 2.42. The lowest BCUT2D eigenvalue weighted by Crippen LogP contribution is -2.29. The zero-order chi connectivity index (χ0) is 12.8. The standard InChI is InChI=1S/C11H19N3O2S/c1-8(6-14(2)3)12-11-13-9(7-17-11)4-5-10(15)16/h7-8H,4-6H2,1-3H3,(H,12,13)(H,15,16). The predicted molar refractivity (Wildman–Crippen MR) is 69.7 cm³/mol. The Bertz CT molecular complexity index is 365. The summed E-state index contributed by atoms with van der Waals surface area (Å²) < 4.78 is 0. The Morgan fingerprint density at radius 3 is 2.94 bits per heavy atom. The quantitative estimate of drug-likeness (QED) is 0.775. The summed E-state index contributed by atoms with van der Waals surface area (Å²) in [4.78, 5) is 16.9. The monoisotopic (exact) mass is 257 g/mol. The second-order valence-electron chi connectivity index (χ2n) is 4.35. The number of carboxylic acids is 1. The Kier molecular flexibility index (Phi) is 5.37. The van der Waals surface area contributed by atoms with Gasteiger partial charge in [-0.15, -0.1) is 11.3 Å². The van der Waals surface area contributed by atoms with Crippen LogP contribution in [-0.2, 0) is 11.2 Å². The first-order chi connectivity index (χ1) is 7.97. The SMILES string of the molecule is CC(CN(C)C)Nc1nc(CCC(=O)O)cs1. The van der Waals surface area contributed by atoms with E-state index >= 15 is 0 Å². The van der Waals surface area contributed by atoms with Crippen LogP contribution in [0.1, 0.15) is 19.0 Å². The Morgan fingerprint density at radius 2 is 2.35 bits per heavy atom. The van der Waals surface area contributed by atoms with Gasteiger partial charge in [-0.3, -0.25) is 4.79 Å². The molecule has 0 saturated carbocycles. The third-order valence-electron chi connectivity index (χ3n) is 2.16. The molecule has 2 N–H and O–H groups in total. The minimum atomic E-state index is -0.784. The van der Waals surface area contributed by atoms with Gasteiger partial charge in [0.1, 0.15) is 0 Å². The van der Waals surface area contributed by atoms with Gasteiger partial charge in [-0.2, -0.15) is 0 Å². The van der Waals surface area contributed by atoms with Crippen molar-refractivity contribution in [3.63, 3.8) is 0 Å². The lowest BCUT2D eigenvalue weighted by atomic mass is 10.2. The third kappa shape index (κ3) is 5.65. The molecule has 0 aromatic carbocycles. The smallest absolute Gasteiger partial charge is 0.303 e. The maximum Gasteiger partial charge on any atom is 0.303 e. The average molecular weight is 257 g/mol. The minimum absolute atomic E-state index is 0.135. The molecule has 0 aliphatic rings. The van der Waals surface area contributed by atoms with Crippen LogP contribution >= 0.6 is 11.3 Å². The number of aryl methyl sites for hydroxylation is 1. The predicted octanol–water partition coefficient (Wildman–Crippen LogP) is 1.52. The molecule has 1 unspecified atom stereocenters. The summed E-state index contributed by atoms with van der Waals surface area (Å²) in [5.74, 6) is -0.784. The zero-order valence-electron chi connectivity index (χ0n) is 10.4. The number of aliphatic carboxylic acids is 1. The molecule has 0 radical (unpaired) electrons. The van der Waals surface area contributed by atoms with Gasteiger partial charge < -0.3 is 15.3 Å². The lowest BCUT2D eigenvalue weighted by molar-refractivity contribution is -0.136. The number of anilines is 1. The van der Waals surface area contributed by atoms with E-state index < -0.39 is 5.97 Å². The molecule has 0 amide bonds. The number of carbonyl (C=O) groups is 1. The number of aromatic nitrogens is 1. The van der Waals surface area contributed by atoms with E-state index in [2.05, 4.69) is 22.1 Å². The molecule has 5 nitrogen and oxygen atoms in total. The number of hydrogen-bond donors (Lipinski definition) is 2. The highest BCUT2D eigenvalue weighted by atomic mass is 32.1. The average Bonchev–Trinajstić information content (AvgIpc) is 2.61. The van der Waals surface area contributed by atoms with Gasteiger partial charge in [0.25, 0.3) is 0 Å². The van der Waals surface area contributed by atoms with Gasteiger partial charge in [-0.25, -0.2) is 4.98 Å². The molecule has 0 spiro atoms. The summed E-state index contributed by atoms with van der Waals surface area (Å²) >= 11 is 1.52. The fourth-order valence-corrected chi connectivity index (χ4v) is 2.38.